The first-order valence-electron chi connectivity index (χ1n) is 6.55. The molecule has 1 N–H and O–H groups in total. The van der Waals surface area contributed by atoms with E-state index in [0.29, 0.717) is 6.04 Å². The van der Waals surface area contributed by atoms with Gasteiger partial charge in [-0.1, -0.05) is 6.92 Å². The zero-order chi connectivity index (χ0) is 13.2. The van der Waals surface area contributed by atoms with Crippen LogP contribution in [0.5, 0.6) is 5.88 Å². The molecule has 1 aliphatic heterocycles. The number of nitrogens with zero attached hydrogens (tertiary/aromatic N) is 2. The van der Waals surface area contributed by atoms with Crippen LogP contribution in [0.1, 0.15) is 33.1 Å². The highest BCUT2D eigenvalue weighted by molar-refractivity contribution is 5.39. The van der Waals surface area contributed by atoms with Crippen molar-refractivity contribution in [3.63, 3.8) is 0 Å². The number of nitrogens with one attached hydrogen (secondary N) is 1. The highest BCUT2D eigenvalue weighted by atomic mass is 16.5. The maximum atomic E-state index is 5.84. The minimum atomic E-state index is -0.00518. The van der Waals surface area contributed by atoms with Crippen molar-refractivity contribution in [2.24, 2.45) is 7.05 Å². The third-order valence-corrected chi connectivity index (χ3v) is 3.74. The van der Waals surface area contributed by atoms with Crippen molar-refractivity contribution in [3.8, 4) is 5.88 Å². The van der Waals surface area contributed by atoms with E-state index in [0.717, 1.165) is 37.6 Å². The molecule has 5 heteroatoms. The number of aryl methyl sites for hydroxylation is 1. The van der Waals surface area contributed by atoms with Crippen LogP contribution in [-0.4, -0.2) is 35.1 Å². The van der Waals surface area contributed by atoms with E-state index in [-0.39, 0.29) is 5.60 Å². The molecule has 102 valence electrons. The summed E-state index contributed by atoms with van der Waals surface area (Å²) in [5.74, 6) is 1.64. The maximum Gasteiger partial charge on any atom is 0.213 e. The van der Waals surface area contributed by atoms with Crippen molar-refractivity contribution < 1.29 is 9.47 Å². The summed E-state index contributed by atoms with van der Waals surface area (Å²) in [6, 6.07) is 2.35. The molecule has 0 aliphatic carbocycles. The Kier molecular flexibility index (Phi) is 3.80. The highest BCUT2D eigenvalue weighted by Crippen LogP contribution is 2.29. The van der Waals surface area contributed by atoms with Crippen molar-refractivity contribution in [1.82, 2.24) is 9.78 Å². The van der Waals surface area contributed by atoms with Gasteiger partial charge >= 0.3 is 0 Å². The molecule has 2 unspecified atom stereocenters. The third kappa shape index (κ3) is 2.77. The van der Waals surface area contributed by atoms with Gasteiger partial charge in [0.1, 0.15) is 0 Å². The Morgan fingerprint density at radius 3 is 3.06 bits per heavy atom. The summed E-state index contributed by atoms with van der Waals surface area (Å²) in [6.07, 6.45) is 3.08. The van der Waals surface area contributed by atoms with Gasteiger partial charge in [-0.15, -0.1) is 0 Å². The van der Waals surface area contributed by atoms with E-state index in [1.165, 1.54) is 0 Å². The molecule has 0 radical (unpaired) electrons. The van der Waals surface area contributed by atoms with Crippen LogP contribution in [0.25, 0.3) is 0 Å². The average molecular weight is 253 g/mol. The summed E-state index contributed by atoms with van der Waals surface area (Å²) in [4.78, 5) is 0. The topological polar surface area (TPSA) is 48.3 Å². The quantitative estimate of drug-likeness (QED) is 0.893. The lowest BCUT2D eigenvalue weighted by molar-refractivity contribution is -0.0709. The van der Waals surface area contributed by atoms with Crippen LogP contribution in [0.3, 0.4) is 0 Å². The Morgan fingerprint density at radius 2 is 2.44 bits per heavy atom. The number of anilines is 1. The van der Waals surface area contributed by atoms with Gasteiger partial charge in [-0.25, -0.2) is 4.68 Å². The van der Waals surface area contributed by atoms with Gasteiger partial charge in [0.05, 0.1) is 12.7 Å². The molecule has 0 bridgehead atoms. The van der Waals surface area contributed by atoms with E-state index in [4.69, 9.17) is 9.47 Å². The van der Waals surface area contributed by atoms with Crippen LogP contribution in [0.4, 0.5) is 5.82 Å². The zero-order valence-corrected chi connectivity index (χ0v) is 11.7. The maximum absolute atomic E-state index is 5.84. The minimum absolute atomic E-state index is 0.00518. The van der Waals surface area contributed by atoms with Crippen LogP contribution >= 0.6 is 0 Å². The van der Waals surface area contributed by atoms with Crippen molar-refractivity contribution in [3.05, 3.63) is 6.07 Å². The summed E-state index contributed by atoms with van der Waals surface area (Å²) in [7, 11) is 3.54. The Labute approximate surface area is 108 Å². The largest absolute Gasteiger partial charge is 0.481 e. The van der Waals surface area contributed by atoms with E-state index in [2.05, 4.69) is 24.3 Å². The van der Waals surface area contributed by atoms with Gasteiger partial charge in [0.25, 0.3) is 0 Å². The second-order valence-corrected chi connectivity index (χ2v) is 5.18. The fourth-order valence-corrected chi connectivity index (χ4v) is 2.42. The standard InChI is InChI=1S/C13H23N3O2/c1-5-13(2)9-10(6-7-18-13)14-11-8-12(17-4)16(3)15-11/h8,10H,5-7,9H2,1-4H3,(H,14,15). The molecular formula is C13H23N3O2. The Balaban J connectivity index is 2.00. The second-order valence-electron chi connectivity index (χ2n) is 5.18. The van der Waals surface area contributed by atoms with Crippen LogP contribution in [-0.2, 0) is 11.8 Å². The predicted octanol–water partition coefficient (Wildman–Crippen LogP) is 2.19. The molecule has 1 aliphatic rings. The van der Waals surface area contributed by atoms with Crippen LogP contribution in [0, 0.1) is 0 Å². The van der Waals surface area contributed by atoms with Crippen molar-refractivity contribution in [2.75, 3.05) is 19.0 Å². The Hall–Kier alpha value is -1.23. The smallest absolute Gasteiger partial charge is 0.213 e. The fraction of sp³-hybridized carbons (Fsp3) is 0.769. The summed E-state index contributed by atoms with van der Waals surface area (Å²) < 4.78 is 12.8. The first kappa shape index (κ1) is 13.2. The monoisotopic (exact) mass is 253 g/mol. The molecule has 1 aromatic rings. The lowest BCUT2D eigenvalue weighted by atomic mass is 9.90. The van der Waals surface area contributed by atoms with E-state index in [1.807, 2.05) is 13.1 Å². The fourth-order valence-electron chi connectivity index (χ4n) is 2.42. The molecule has 1 saturated heterocycles. The second kappa shape index (κ2) is 5.18. The molecule has 2 atom stereocenters. The predicted molar refractivity (Wildman–Crippen MR) is 71.1 cm³/mol. The summed E-state index contributed by atoms with van der Waals surface area (Å²) in [5.41, 5.74) is -0.00518. The molecule has 0 spiro atoms. The Morgan fingerprint density at radius 1 is 1.67 bits per heavy atom. The molecule has 1 aromatic heterocycles. The van der Waals surface area contributed by atoms with E-state index >= 15 is 0 Å². The van der Waals surface area contributed by atoms with Crippen LogP contribution in [0.2, 0.25) is 0 Å². The summed E-state index contributed by atoms with van der Waals surface area (Å²) in [5, 5.41) is 7.86. The minimum Gasteiger partial charge on any atom is -0.481 e. The van der Waals surface area contributed by atoms with Gasteiger partial charge in [-0.3, -0.25) is 0 Å². The number of hydrogen-bond acceptors (Lipinski definition) is 4. The van der Waals surface area contributed by atoms with Crippen LogP contribution < -0.4 is 10.1 Å². The molecule has 0 amide bonds. The first-order chi connectivity index (χ1) is 8.56. The van der Waals surface area contributed by atoms with Gasteiger partial charge in [-0.2, -0.15) is 5.10 Å². The van der Waals surface area contributed by atoms with Gasteiger partial charge in [0.15, 0.2) is 5.82 Å². The summed E-state index contributed by atoms with van der Waals surface area (Å²) in [6.45, 7) is 5.16. The molecule has 2 rings (SSSR count). The molecule has 2 heterocycles. The van der Waals surface area contributed by atoms with Gasteiger partial charge in [0.2, 0.25) is 5.88 Å². The Bertz CT molecular complexity index is 405. The van der Waals surface area contributed by atoms with E-state index in [9.17, 15) is 0 Å². The van der Waals surface area contributed by atoms with Crippen molar-refractivity contribution in [2.45, 2.75) is 44.8 Å². The molecule has 0 saturated carbocycles. The average Bonchev–Trinajstić information content (AvgIpc) is 2.69. The lowest BCUT2D eigenvalue weighted by Gasteiger charge is -2.38. The number of ether oxygens (including phenoxy) is 2. The third-order valence-electron chi connectivity index (χ3n) is 3.74. The van der Waals surface area contributed by atoms with E-state index in [1.54, 1.807) is 11.8 Å². The van der Waals surface area contributed by atoms with E-state index < -0.39 is 0 Å². The number of methoxy groups -OCH3 is 1. The molecule has 0 aromatic carbocycles. The molecule has 18 heavy (non-hydrogen) atoms. The molecular weight excluding hydrogens is 230 g/mol. The van der Waals surface area contributed by atoms with Crippen molar-refractivity contribution in [1.29, 1.82) is 0 Å². The normalized spacial score (nSPS) is 28.1. The van der Waals surface area contributed by atoms with Gasteiger partial charge < -0.3 is 14.8 Å². The zero-order valence-electron chi connectivity index (χ0n) is 11.7. The lowest BCUT2D eigenvalue weighted by Crippen LogP contribution is -2.41. The number of hydrogen-bond donors (Lipinski definition) is 1. The molecule has 5 nitrogen and oxygen atoms in total. The van der Waals surface area contributed by atoms with Gasteiger partial charge in [-0.05, 0) is 26.2 Å². The summed E-state index contributed by atoms with van der Waals surface area (Å²) >= 11 is 0. The van der Waals surface area contributed by atoms with Gasteiger partial charge in [0, 0.05) is 25.8 Å². The highest BCUT2D eigenvalue weighted by Gasteiger charge is 2.31. The first-order valence-corrected chi connectivity index (χ1v) is 6.55. The van der Waals surface area contributed by atoms with Crippen molar-refractivity contribution >= 4 is 5.82 Å². The molecule has 1 fully saturated rings. The number of aromatic nitrogens is 2. The van der Waals surface area contributed by atoms with Crippen LogP contribution in [0.15, 0.2) is 6.07 Å². The SMILES string of the molecule is CCC1(C)CC(Nc2cc(OC)n(C)n2)CCO1. The number of rotatable bonds is 4.